The summed E-state index contributed by atoms with van der Waals surface area (Å²) in [5.41, 5.74) is -1.31. The van der Waals surface area contributed by atoms with Crippen molar-refractivity contribution in [2.45, 2.75) is 5.54 Å². The van der Waals surface area contributed by atoms with Crippen molar-refractivity contribution in [2.75, 3.05) is 26.4 Å². The maximum Gasteiger partial charge on any atom is 0.317 e. The van der Waals surface area contributed by atoms with Crippen molar-refractivity contribution < 1.29 is 36.2 Å². The van der Waals surface area contributed by atoms with Gasteiger partial charge in [0.2, 0.25) is 0 Å². The van der Waals surface area contributed by atoms with Gasteiger partial charge in [-0.15, -0.1) is 0 Å². The normalized spacial score (nSPS) is 9.93. The second kappa shape index (κ2) is 8.81. The number of carboxylic acid groups (broad SMARTS) is 1. The number of rotatable bonds is 6. The number of carboxylic acids is 1. The van der Waals surface area contributed by atoms with E-state index in [9.17, 15) is 4.79 Å². The Morgan fingerprint density at radius 3 is 1.64 bits per heavy atom. The monoisotopic (exact) mass is 215 g/mol. The van der Waals surface area contributed by atoms with E-state index in [-0.39, 0.29) is 11.0 Å². The summed E-state index contributed by atoms with van der Waals surface area (Å²) in [7, 11) is 0. The predicted molar refractivity (Wildman–Crippen MR) is 46.9 cm³/mol. The molecule has 0 heterocycles. The minimum Gasteiger partial charge on any atom is -0.480 e. The lowest BCUT2D eigenvalue weighted by molar-refractivity contribution is -0.136. The van der Waals surface area contributed by atoms with E-state index in [0.717, 1.165) is 0 Å². The Balaban J connectivity index is -0.000000605. The van der Waals surface area contributed by atoms with Gasteiger partial charge in [0, 0.05) is 0 Å². The molecule has 0 bridgehead atoms. The van der Waals surface area contributed by atoms with Gasteiger partial charge >= 0.3 is 5.97 Å². The molecule has 14 heavy (non-hydrogen) atoms. The zero-order chi connectivity index (χ0) is 9.61. The zero-order valence-corrected chi connectivity index (χ0v) is 7.53. The zero-order valence-electron chi connectivity index (χ0n) is 7.53. The summed E-state index contributed by atoms with van der Waals surface area (Å²) in [6, 6.07) is 0. The summed E-state index contributed by atoms with van der Waals surface area (Å²) in [6.45, 7) is -1.98. The van der Waals surface area contributed by atoms with Gasteiger partial charge in [-0.25, -0.2) is 0 Å². The number of hydrogen-bond acceptors (Lipinski definition) is 5. The Labute approximate surface area is 80.4 Å². The Morgan fingerprint density at radius 1 is 1.07 bits per heavy atom. The molecule has 0 aromatic carbocycles. The molecule has 0 atom stereocenters. The first-order valence-corrected chi connectivity index (χ1v) is 3.39. The van der Waals surface area contributed by atoms with E-state index in [1.807, 2.05) is 0 Å². The summed E-state index contributed by atoms with van der Waals surface area (Å²) in [4.78, 5) is 10.1. The minimum atomic E-state index is -1.31. The third-order valence-electron chi connectivity index (χ3n) is 1.52. The van der Waals surface area contributed by atoms with Crippen LogP contribution in [0.3, 0.4) is 0 Å². The van der Waals surface area contributed by atoms with Crippen molar-refractivity contribution in [1.29, 1.82) is 0 Å². The highest BCUT2D eigenvalue weighted by Crippen LogP contribution is 1.99. The average Bonchev–Trinajstić information content (AvgIpc) is 2.08. The van der Waals surface area contributed by atoms with E-state index in [1.54, 1.807) is 0 Å². The molecule has 8 nitrogen and oxygen atoms in total. The summed E-state index contributed by atoms with van der Waals surface area (Å²) >= 11 is 0. The second-order valence-electron chi connectivity index (χ2n) is 2.50. The van der Waals surface area contributed by atoms with Gasteiger partial charge < -0.3 is 31.4 Å². The fourth-order valence-electron chi connectivity index (χ4n) is 0.581. The van der Waals surface area contributed by atoms with Gasteiger partial charge in [-0.3, -0.25) is 10.1 Å². The molecule has 0 unspecified atom stereocenters. The van der Waals surface area contributed by atoms with Crippen molar-refractivity contribution >= 4 is 5.97 Å². The van der Waals surface area contributed by atoms with E-state index in [1.165, 1.54) is 0 Å². The highest BCUT2D eigenvalue weighted by molar-refractivity contribution is 5.69. The van der Waals surface area contributed by atoms with E-state index in [2.05, 4.69) is 5.32 Å². The Bertz CT molecular complexity index is 139. The maximum absolute atomic E-state index is 10.1. The van der Waals surface area contributed by atoms with Gasteiger partial charge in [0.25, 0.3) is 0 Å². The van der Waals surface area contributed by atoms with Crippen molar-refractivity contribution in [1.82, 2.24) is 5.32 Å². The van der Waals surface area contributed by atoms with Gasteiger partial charge in [0.05, 0.1) is 31.9 Å². The molecule has 0 amide bonds. The Morgan fingerprint density at radius 2 is 1.43 bits per heavy atom. The van der Waals surface area contributed by atoms with Crippen LogP contribution in [0, 0.1) is 0 Å². The first-order valence-electron chi connectivity index (χ1n) is 3.39. The summed E-state index contributed by atoms with van der Waals surface area (Å²) in [5.74, 6) is -1.12. The molecule has 0 radical (unpaired) electrons. The topological polar surface area (TPSA) is 173 Å². The van der Waals surface area contributed by atoms with Gasteiger partial charge in [-0.2, -0.15) is 0 Å². The number of aliphatic hydroxyl groups excluding tert-OH is 3. The largest absolute Gasteiger partial charge is 0.480 e. The lowest BCUT2D eigenvalue weighted by Gasteiger charge is -2.27. The average molecular weight is 215 g/mol. The number of hydrogen-bond donors (Lipinski definition) is 5. The molecule has 0 spiro atoms. The van der Waals surface area contributed by atoms with Crippen LogP contribution in [0.2, 0.25) is 0 Å². The Kier molecular flexibility index (Phi) is 11.9. The van der Waals surface area contributed by atoms with Crippen LogP contribution in [-0.4, -0.2) is 69.3 Å². The van der Waals surface area contributed by atoms with Crippen LogP contribution < -0.4 is 5.32 Å². The third kappa shape index (κ3) is 5.80. The number of aliphatic hydroxyl groups is 3. The van der Waals surface area contributed by atoms with Crippen molar-refractivity contribution in [3.05, 3.63) is 0 Å². The van der Waals surface area contributed by atoms with Crippen molar-refractivity contribution in [3.63, 3.8) is 0 Å². The minimum absolute atomic E-state index is 0. The van der Waals surface area contributed by atoms with Gasteiger partial charge in [-0.1, -0.05) is 0 Å². The van der Waals surface area contributed by atoms with Gasteiger partial charge in [-0.05, 0) is 0 Å². The maximum atomic E-state index is 10.1. The molecule has 0 aliphatic rings. The molecule has 8 heteroatoms. The molecular formula is C6H17NO7. The predicted octanol–water partition coefficient (Wildman–Crippen LogP) is -4.27. The summed E-state index contributed by atoms with van der Waals surface area (Å²) in [5, 5.41) is 36.7. The van der Waals surface area contributed by atoms with Gasteiger partial charge in [0.15, 0.2) is 0 Å². The highest BCUT2D eigenvalue weighted by Gasteiger charge is 2.27. The molecular weight excluding hydrogens is 198 g/mol. The van der Waals surface area contributed by atoms with Crippen LogP contribution in [0.5, 0.6) is 0 Å². The lowest BCUT2D eigenvalue weighted by Crippen LogP contribution is -2.56. The van der Waals surface area contributed by atoms with Crippen LogP contribution in [0.1, 0.15) is 0 Å². The highest BCUT2D eigenvalue weighted by atomic mass is 16.4. The van der Waals surface area contributed by atoms with Crippen LogP contribution in [0.25, 0.3) is 0 Å². The molecule has 0 saturated heterocycles. The summed E-state index contributed by atoms with van der Waals surface area (Å²) in [6.07, 6.45) is 0. The van der Waals surface area contributed by atoms with E-state index >= 15 is 0 Å². The van der Waals surface area contributed by atoms with Crippen molar-refractivity contribution in [3.8, 4) is 0 Å². The molecule has 0 aliphatic carbocycles. The molecule has 0 aromatic heterocycles. The lowest BCUT2D eigenvalue weighted by atomic mass is 10.0. The second-order valence-corrected chi connectivity index (χ2v) is 2.50. The van der Waals surface area contributed by atoms with E-state index in [0.29, 0.717) is 0 Å². The van der Waals surface area contributed by atoms with E-state index < -0.39 is 37.9 Å². The molecule has 9 N–H and O–H groups in total. The molecule has 0 saturated carbocycles. The Hall–Kier alpha value is -0.770. The molecule has 0 aromatic rings. The first-order chi connectivity index (χ1) is 5.60. The van der Waals surface area contributed by atoms with Crippen molar-refractivity contribution in [2.24, 2.45) is 0 Å². The molecule has 0 rings (SSSR count). The molecule has 88 valence electrons. The summed E-state index contributed by atoms with van der Waals surface area (Å²) < 4.78 is 0. The number of aliphatic carboxylic acids is 1. The molecule has 0 aliphatic heterocycles. The van der Waals surface area contributed by atoms with Gasteiger partial charge in [0.1, 0.15) is 0 Å². The van der Waals surface area contributed by atoms with E-state index in [4.69, 9.17) is 20.4 Å². The number of carbonyl (C=O) groups is 1. The SMILES string of the molecule is O.O.O=C(O)CNC(CO)(CO)CO. The molecule has 0 fully saturated rings. The quantitative estimate of drug-likeness (QED) is 0.300. The number of nitrogens with one attached hydrogen (secondary N) is 1. The standard InChI is InChI=1S/C6H13NO5.2H2O/c8-2-6(3-9,4-10)7-1-5(11)12;;/h7-10H,1-4H2,(H,11,12);2*1H2. The van der Waals surface area contributed by atoms with Crippen LogP contribution in [0.15, 0.2) is 0 Å². The third-order valence-corrected chi connectivity index (χ3v) is 1.52. The fourth-order valence-corrected chi connectivity index (χ4v) is 0.581. The van der Waals surface area contributed by atoms with Crippen LogP contribution >= 0.6 is 0 Å². The van der Waals surface area contributed by atoms with Crippen LogP contribution in [0.4, 0.5) is 0 Å². The smallest absolute Gasteiger partial charge is 0.317 e. The van der Waals surface area contributed by atoms with Crippen LogP contribution in [-0.2, 0) is 4.79 Å². The first kappa shape index (κ1) is 18.9. The fraction of sp³-hybridized carbons (Fsp3) is 0.833.